The van der Waals surface area contributed by atoms with E-state index in [2.05, 4.69) is 18.0 Å². The van der Waals surface area contributed by atoms with Crippen LogP contribution in [0.25, 0.3) is 44.2 Å². The van der Waals surface area contributed by atoms with Crippen molar-refractivity contribution in [1.82, 2.24) is 9.97 Å². The number of halogens is 3. The Hall–Kier alpha value is -3.41. The van der Waals surface area contributed by atoms with E-state index in [0.717, 1.165) is 49.8 Å². The number of rotatable bonds is 3. The number of hydrogen-bond acceptors (Lipinski definition) is 3. The number of aryl methyl sites for hydroxylation is 2. The number of fused-ring (bicyclic) bond motifs is 4. The van der Waals surface area contributed by atoms with Gasteiger partial charge in [0.25, 0.3) is 0 Å². The van der Waals surface area contributed by atoms with Crippen molar-refractivity contribution in [1.29, 1.82) is 0 Å². The highest BCUT2D eigenvalue weighted by Gasteiger charge is 2.47. The molecule has 3 heterocycles. The van der Waals surface area contributed by atoms with Gasteiger partial charge in [0.15, 0.2) is 0 Å². The zero-order valence-corrected chi connectivity index (χ0v) is 19.8. The fourth-order valence-corrected chi connectivity index (χ4v) is 4.51. The Balaban J connectivity index is 1.70. The van der Waals surface area contributed by atoms with E-state index in [9.17, 15) is 13.2 Å². The van der Waals surface area contributed by atoms with Gasteiger partial charge in [-0.2, -0.15) is 13.2 Å². The minimum Gasteiger partial charge on any atom is -0.437 e. The molecule has 0 aliphatic rings. The molecule has 6 heteroatoms. The predicted molar refractivity (Wildman–Crippen MR) is 130 cm³/mol. The van der Waals surface area contributed by atoms with Crippen LogP contribution in [-0.4, -0.2) is 16.1 Å². The summed E-state index contributed by atoms with van der Waals surface area (Å²) in [5, 5.41) is 2.65. The average molecular weight is 463 g/mol. The Bertz CT molecular complexity index is 1580. The van der Waals surface area contributed by atoms with Crippen molar-refractivity contribution in [3.05, 3.63) is 70.9 Å². The summed E-state index contributed by atoms with van der Waals surface area (Å²) >= 11 is 0. The third kappa shape index (κ3) is 3.52. The molecule has 174 valence electrons. The van der Waals surface area contributed by atoms with Crippen LogP contribution in [0.5, 0.6) is 0 Å². The fraction of sp³-hybridized carbons (Fsp3) is 0.286. The number of benzene rings is 2. The molecule has 34 heavy (non-hydrogen) atoms. The summed E-state index contributed by atoms with van der Waals surface area (Å²) in [6.45, 7) is 8.48. The highest BCUT2D eigenvalue weighted by atomic mass is 19.4. The zero-order chi connectivity index (χ0) is 24.4. The molecule has 5 aromatic rings. The number of furan rings is 1. The highest BCUT2D eigenvalue weighted by molar-refractivity contribution is 6.09. The SMILES string of the molecule is Cc1ccc2c(n1)oc1c(-c3ccc4c(CC(C)(C)C(F)(F)F)cccc4n3)c(C)c(C)cc12. The van der Waals surface area contributed by atoms with Gasteiger partial charge in [0, 0.05) is 27.4 Å². The van der Waals surface area contributed by atoms with Gasteiger partial charge in [-0.05, 0) is 74.2 Å². The monoisotopic (exact) mass is 462 g/mol. The number of pyridine rings is 2. The van der Waals surface area contributed by atoms with Crippen LogP contribution in [0.1, 0.15) is 36.2 Å². The molecule has 0 N–H and O–H groups in total. The first-order valence-corrected chi connectivity index (χ1v) is 11.2. The van der Waals surface area contributed by atoms with Crippen molar-refractivity contribution >= 4 is 33.0 Å². The van der Waals surface area contributed by atoms with Crippen molar-refractivity contribution in [3.8, 4) is 11.3 Å². The molecule has 3 nitrogen and oxygen atoms in total. The first-order chi connectivity index (χ1) is 16.0. The lowest BCUT2D eigenvalue weighted by Gasteiger charge is -2.28. The standard InChI is InChI=1S/C28H25F3N2O/c1-15-13-21-20-10-9-16(2)32-26(20)34-25(21)24(17(15)3)23-12-11-19-18(7-6-8-22(19)33-23)14-27(4,5)28(29,30)31/h6-13H,14H2,1-5H3. The number of alkyl halides is 3. The Morgan fingerprint density at radius 2 is 1.59 bits per heavy atom. The Morgan fingerprint density at radius 3 is 2.32 bits per heavy atom. The summed E-state index contributed by atoms with van der Waals surface area (Å²) in [5.74, 6) is 0. The van der Waals surface area contributed by atoms with Gasteiger partial charge in [-0.15, -0.1) is 0 Å². The molecule has 0 spiro atoms. The predicted octanol–water partition coefficient (Wildman–Crippen LogP) is 8.25. The van der Waals surface area contributed by atoms with E-state index in [0.29, 0.717) is 16.8 Å². The van der Waals surface area contributed by atoms with Gasteiger partial charge in [-0.1, -0.05) is 32.0 Å². The van der Waals surface area contributed by atoms with E-state index in [1.165, 1.54) is 13.8 Å². The summed E-state index contributed by atoms with van der Waals surface area (Å²) in [6.07, 6.45) is -4.41. The second kappa shape index (κ2) is 7.55. The van der Waals surface area contributed by atoms with Crippen molar-refractivity contribution in [2.75, 3.05) is 0 Å². The molecule has 0 atom stereocenters. The third-order valence-corrected chi connectivity index (χ3v) is 6.77. The van der Waals surface area contributed by atoms with Crippen LogP contribution in [0, 0.1) is 26.2 Å². The van der Waals surface area contributed by atoms with Gasteiger partial charge >= 0.3 is 6.18 Å². The molecule has 0 fully saturated rings. The van der Waals surface area contributed by atoms with Crippen LogP contribution in [0.3, 0.4) is 0 Å². The molecular weight excluding hydrogens is 437 g/mol. The Labute approximate surface area is 195 Å². The van der Waals surface area contributed by atoms with Crippen LogP contribution in [0.4, 0.5) is 13.2 Å². The maximum Gasteiger partial charge on any atom is 0.394 e. The third-order valence-electron chi connectivity index (χ3n) is 6.77. The zero-order valence-electron chi connectivity index (χ0n) is 19.8. The van der Waals surface area contributed by atoms with E-state index in [1.54, 1.807) is 12.1 Å². The van der Waals surface area contributed by atoms with Crippen LogP contribution >= 0.6 is 0 Å². The molecule has 0 bridgehead atoms. The normalized spacial score (nSPS) is 12.8. The van der Waals surface area contributed by atoms with Crippen LogP contribution < -0.4 is 0 Å². The van der Waals surface area contributed by atoms with Gasteiger partial charge in [0.1, 0.15) is 5.58 Å². The van der Waals surface area contributed by atoms with E-state index < -0.39 is 11.6 Å². The minimum absolute atomic E-state index is 0.114. The lowest BCUT2D eigenvalue weighted by Crippen LogP contribution is -2.34. The maximum absolute atomic E-state index is 13.5. The summed E-state index contributed by atoms with van der Waals surface area (Å²) < 4.78 is 46.8. The van der Waals surface area contributed by atoms with Crippen LogP contribution in [0.15, 0.2) is 52.9 Å². The Morgan fingerprint density at radius 1 is 0.853 bits per heavy atom. The van der Waals surface area contributed by atoms with Crippen LogP contribution in [-0.2, 0) is 6.42 Å². The first kappa shape index (κ1) is 22.4. The van der Waals surface area contributed by atoms with E-state index in [4.69, 9.17) is 9.40 Å². The van der Waals surface area contributed by atoms with E-state index in [1.807, 2.05) is 44.2 Å². The van der Waals surface area contributed by atoms with E-state index >= 15 is 0 Å². The second-order valence-corrected chi connectivity index (χ2v) is 9.72. The van der Waals surface area contributed by atoms with Crippen molar-refractivity contribution in [3.63, 3.8) is 0 Å². The molecule has 0 amide bonds. The molecule has 3 aromatic heterocycles. The summed E-state index contributed by atoms with van der Waals surface area (Å²) in [4.78, 5) is 9.42. The van der Waals surface area contributed by atoms with Gasteiger partial charge in [-0.3, -0.25) is 0 Å². The highest BCUT2D eigenvalue weighted by Crippen LogP contribution is 2.42. The molecule has 0 aliphatic carbocycles. The van der Waals surface area contributed by atoms with Gasteiger partial charge in [-0.25, -0.2) is 9.97 Å². The summed E-state index contributed by atoms with van der Waals surface area (Å²) in [6, 6.07) is 15.2. The first-order valence-electron chi connectivity index (χ1n) is 11.2. The van der Waals surface area contributed by atoms with Gasteiger partial charge < -0.3 is 4.42 Å². The van der Waals surface area contributed by atoms with Crippen molar-refractivity contribution in [2.24, 2.45) is 5.41 Å². The number of nitrogens with zero attached hydrogens (tertiary/aromatic N) is 2. The Kier molecular flexibility index (Phi) is 4.97. The molecule has 0 unspecified atom stereocenters. The molecule has 0 radical (unpaired) electrons. The summed E-state index contributed by atoms with van der Waals surface area (Å²) in [7, 11) is 0. The molecular formula is C28H25F3N2O. The van der Waals surface area contributed by atoms with Crippen molar-refractivity contribution < 1.29 is 17.6 Å². The lowest BCUT2D eigenvalue weighted by molar-refractivity contribution is -0.210. The van der Waals surface area contributed by atoms with Crippen molar-refractivity contribution in [2.45, 2.75) is 47.2 Å². The average Bonchev–Trinajstić information content (AvgIpc) is 3.10. The van der Waals surface area contributed by atoms with E-state index in [-0.39, 0.29) is 6.42 Å². The molecule has 0 aliphatic heterocycles. The fourth-order valence-electron chi connectivity index (χ4n) is 4.51. The lowest BCUT2D eigenvalue weighted by atomic mass is 9.84. The van der Waals surface area contributed by atoms with Gasteiger partial charge in [0.05, 0.1) is 16.6 Å². The smallest absolute Gasteiger partial charge is 0.394 e. The minimum atomic E-state index is -4.29. The second-order valence-electron chi connectivity index (χ2n) is 9.72. The number of hydrogen-bond donors (Lipinski definition) is 0. The molecule has 0 saturated heterocycles. The molecule has 0 saturated carbocycles. The molecule has 5 rings (SSSR count). The number of aromatic nitrogens is 2. The quantitative estimate of drug-likeness (QED) is 0.271. The van der Waals surface area contributed by atoms with Crippen LogP contribution in [0.2, 0.25) is 0 Å². The maximum atomic E-state index is 13.5. The topological polar surface area (TPSA) is 38.9 Å². The van der Waals surface area contributed by atoms with Gasteiger partial charge in [0.2, 0.25) is 5.71 Å². The summed E-state index contributed by atoms with van der Waals surface area (Å²) in [5.41, 5.74) is 5.39. The largest absolute Gasteiger partial charge is 0.437 e. The molecule has 2 aromatic carbocycles.